The van der Waals surface area contributed by atoms with E-state index in [0.717, 1.165) is 5.75 Å². The van der Waals surface area contributed by atoms with E-state index in [-0.39, 0.29) is 17.2 Å². The summed E-state index contributed by atoms with van der Waals surface area (Å²) in [4.78, 5) is 14.1. The highest BCUT2D eigenvalue weighted by Gasteiger charge is 2.32. The summed E-state index contributed by atoms with van der Waals surface area (Å²) in [5.41, 5.74) is 0.550. The third-order valence-electron chi connectivity index (χ3n) is 3.85. The lowest BCUT2D eigenvalue weighted by Gasteiger charge is -2.16. The number of hydrogen-bond donors (Lipinski definition) is 1. The van der Waals surface area contributed by atoms with Crippen molar-refractivity contribution < 1.29 is 19.0 Å². The molecule has 1 fully saturated rings. The van der Waals surface area contributed by atoms with Crippen molar-refractivity contribution >= 4 is 28.9 Å². The van der Waals surface area contributed by atoms with Crippen molar-refractivity contribution in [1.82, 2.24) is 5.32 Å². The molecular formula is C17H19NO4S2. The average molecular weight is 365 g/mol. The number of hydrogen-bond acceptors (Lipinski definition) is 7. The highest BCUT2D eigenvalue weighted by Crippen LogP contribution is 2.40. The van der Waals surface area contributed by atoms with Crippen LogP contribution < -0.4 is 19.5 Å². The van der Waals surface area contributed by atoms with E-state index in [9.17, 15) is 4.79 Å². The van der Waals surface area contributed by atoms with E-state index in [2.05, 4.69) is 11.4 Å². The van der Waals surface area contributed by atoms with E-state index in [4.69, 9.17) is 14.2 Å². The number of rotatable bonds is 6. The Bertz CT molecular complexity index is 692. The Morgan fingerprint density at radius 2 is 1.88 bits per heavy atom. The lowest BCUT2D eigenvalue weighted by molar-refractivity contribution is 0.0955. The Kier molecular flexibility index (Phi) is 5.33. The minimum absolute atomic E-state index is 0.0285. The van der Waals surface area contributed by atoms with Crippen LogP contribution in [-0.2, 0) is 0 Å². The molecule has 24 heavy (non-hydrogen) atoms. The van der Waals surface area contributed by atoms with E-state index < -0.39 is 0 Å². The minimum Gasteiger partial charge on any atom is -0.493 e. The topological polar surface area (TPSA) is 56.8 Å². The lowest BCUT2D eigenvalue weighted by atomic mass is 10.0. The Morgan fingerprint density at radius 3 is 2.42 bits per heavy atom. The first kappa shape index (κ1) is 17.1. The summed E-state index contributed by atoms with van der Waals surface area (Å²) in [6, 6.07) is 7.28. The quantitative estimate of drug-likeness (QED) is 0.792. The molecule has 1 aromatic heterocycles. The van der Waals surface area contributed by atoms with Crippen LogP contribution in [0.2, 0.25) is 0 Å². The zero-order chi connectivity index (χ0) is 17.1. The molecule has 2 aromatic rings. The van der Waals surface area contributed by atoms with Crippen LogP contribution in [0.25, 0.3) is 0 Å². The molecule has 2 unspecified atom stereocenters. The largest absolute Gasteiger partial charge is 0.493 e. The van der Waals surface area contributed by atoms with Gasteiger partial charge in [-0.25, -0.2) is 0 Å². The number of methoxy groups -OCH3 is 3. The number of thiophene rings is 1. The normalized spacial score (nSPS) is 20.0. The van der Waals surface area contributed by atoms with E-state index in [1.54, 1.807) is 56.6 Å². The van der Waals surface area contributed by atoms with Crippen molar-refractivity contribution in [3.8, 4) is 17.2 Å². The number of thioether (sulfide) groups is 1. The Morgan fingerprint density at radius 1 is 1.17 bits per heavy atom. The van der Waals surface area contributed by atoms with E-state index >= 15 is 0 Å². The molecule has 7 heteroatoms. The second-order valence-electron chi connectivity index (χ2n) is 5.23. The smallest absolute Gasteiger partial charge is 0.203 e. The number of ether oxygens (including phenoxy) is 3. The van der Waals surface area contributed by atoms with Crippen LogP contribution in [-0.4, -0.2) is 38.9 Å². The molecule has 5 nitrogen and oxygen atoms in total. The molecule has 1 N–H and O–H groups in total. The Labute approximate surface area is 149 Å². The van der Waals surface area contributed by atoms with Gasteiger partial charge in [-0.2, -0.15) is 0 Å². The minimum atomic E-state index is -0.232. The molecule has 2 heterocycles. The van der Waals surface area contributed by atoms with Crippen molar-refractivity contribution in [3.05, 3.63) is 40.1 Å². The average Bonchev–Trinajstić information content (AvgIpc) is 3.30. The van der Waals surface area contributed by atoms with Crippen molar-refractivity contribution in [3.63, 3.8) is 0 Å². The van der Waals surface area contributed by atoms with Gasteiger partial charge in [0.1, 0.15) is 0 Å². The number of Topliss-reactive ketones (excluding diaryl/α,β-unsaturated/α-hetero) is 1. The third-order valence-corrected chi connectivity index (χ3v) is 6.18. The van der Waals surface area contributed by atoms with Crippen LogP contribution in [0.5, 0.6) is 17.2 Å². The molecule has 3 rings (SSSR count). The number of ketones is 1. The van der Waals surface area contributed by atoms with Crippen LogP contribution in [0, 0.1) is 0 Å². The summed E-state index contributed by atoms with van der Waals surface area (Å²) in [5.74, 6) is 2.22. The molecule has 1 aliphatic rings. The molecule has 2 atom stereocenters. The van der Waals surface area contributed by atoms with E-state index in [1.165, 1.54) is 4.88 Å². The van der Waals surface area contributed by atoms with Crippen molar-refractivity contribution in [2.24, 2.45) is 0 Å². The summed E-state index contributed by atoms with van der Waals surface area (Å²) in [5, 5.41) is 5.62. The zero-order valence-corrected chi connectivity index (χ0v) is 15.3. The van der Waals surface area contributed by atoms with Gasteiger partial charge in [0.25, 0.3) is 0 Å². The van der Waals surface area contributed by atoms with Gasteiger partial charge in [0.05, 0.1) is 32.7 Å². The third kappa shape index (κ3) is 3.24. The van der Waals surface area contributed by atoms with Gasteiger partial charge in [-0.05, 0) is 23.6 Å². The number of carbonyl (C=O) groups is 1. The molecule has 1 aliphatic heterocycles. The van der Waals surface area contributed by atoms with Gasteiger partial charge in [0, 0.05) is 16.2 Å². The molecule has 128 valence electrons. The standard InChI is InChI=1S/C17H19NO4S2/c1-20-12-7-10(8-13(21-2)16(12)22-3)15(19)11-9-24-17(18-11)14-5-4-6-23-14/h4-8,11,17-18H,9H2,1-3H3. The molecule has 1 aromatic carbocycles. The molecule has 0 bridgehead atoms. The van der Waals surface area contributed by atoms with Crippen LogP contribution in [0.3, 0.4) is 0 Å². The molecule has 0 saturated carbocycles. The van der Waals surface area contributed by atoms with Gasteiger partial charge in [-0.1, -0.05) is 6.07 Å². The fraction of sp³-hybridized carbons (Fsp3) is 0.353. The highest BCUT2D eigenvalue weighted by atomic mass is 32.2. The predicted molar refractivity (Wildman–Crippen MR) is 96.9 cm³/mol. The maximum atomic E-state index is 12.9. The molecule has 0 spiro atoms. The number of benzene rings is 1. The van der Waals surface area contributed by atoms with Gasteiger partial charge in [0.2, 0.25) is 5.75 Å². The summed E-state index contributed by atoms with van der Waals surface area (Å²) in [6.45, 7) is 0. The van der Waals surface area contributed by atoms with Crippen molar-refractivity contribution in [1.29, 1.82) is 0 Å². The lowest BCUT2D eigenvalue weighted by Crippen LogP contribution is -2.34. The summed E-state index contributed by atoms with van der Waals surface area (Å²) in [6.07, 6.45) is 0. The first-order chi connectivity index (χ1) is 11.7. The van der Waals surface area contributed by atoms with E-state index in [0.29, 0.717) is 22.8 Å². The van der Waals surface area contributed by atoms with Gasteiger partial charge < -0.3 is 14.2 Å². The number of carbonyl (C=O) groups excluding carboxylic acids is 1. The van der Waals surface area contributed by atoms with Crippen LogP contribution in [0.15, 0.2) is 29.6 Å². The first-order valence-corrected chi connectivity index (χ1v) is 9.36. The Hall–Kier alpha value is -1.70. The second-order valence-corrected chi connectivity index (χ2v) is 7.34. The van der Waals surface area contributed by atoms with Crippen molar-refractivity contribution in [2.45, 2.75) is 11.4 Å². The van der Waals surface area contributed by atoms with Gasteiger partial charge in [0.15, 0.2) is 17.3 Å². The molecule has 0 aliphatic carbocycles. The maximum absolute atomic E-state index is 12.9. The fourth-order valence-electron chi connectivity index (χ4n) is 2.65. The summed E-state index contributed by atoms with van der Waals surface area (Å²) in [7, 11) is 4.63. The zero-order valence-electron chi connectivity index (χ0n) is 13.7. The van der Waals surface area contributed by atoms with E-state index in [1.807, 2.05) is 11.4 Å². The highest BCUT2D eigenvalue weighted by molar-refractivity contribution is 7.99. The summed E-state index contributed by atoms with van der Waals surface area (Å²) >= 11 is 3.45. The number of nitrogens with one attached hydrogen (secondary N) is 1. The maximum Gasteiger partial charge on any atom is 0.203 e. The second kappa shape index (κ2) is 7.46. The summed E-state index contributed by atoms with van der Waals surface area (Å²) < 4.78 is 16.0. The first-order valence-electron chi connectivity index (χ1n) is 7.43. The van der Waals surface area contributed by atoms with Gasteiger partial charge >= 0.3 is 0 Å². The SMILES string of the molecule is COc1cc(C(=O)C2CSC(c3cccs3)N2)cc(OC)c1OC. The fourth-order valence-corrected chi connectivity index (χ4v) is 4.82. The van der Waals surface area contributed by atoms with Crippen LogP contribution in [0.4, 0.5) is 0 Å². The van der Waals surface area contributed by atoms with Crippen LogP contribution >= 0.6 is 23.1 Å². The molecule has 0 radical (unpaired) electrons. The van der Waals surface area contributed by atoms with Gasteiger partial charge in [-0.15, -0.1) is 23.1 Å². The molecular weight excluding hydrogens is 346 g/mol. The van der Waals surface area contributed by atoms with Crippen molar-refractivity contribution in [2.75, 3.05) is 27.1 Å². The molecule has 1 saturated heterocycles. The Balaban J connectivity index is 1.82. The molecule has 0 amide bonds. The monoisotopic (exact) mass is 365 g/mol. The predicted octanol–water partition coefficient (Wildman–Crippen LogP) is 3.36. The van der Waals surface area contributed by atoms with Crippen LogP contribution in [0.1, 0.15) is 20.6 Å². The van der Waals surface area contributed by atoms with Gasteiger partial charge in [-0.3, -0.25) is 10.1 Å².